The van der Waals surface area contributed by atoms with Crippen molar-refractivity contribution in [2.45, 2.75) is 6.92 Å². The molecule has 2 aromatic carbocycles. The molecular formula is C15H13N3S. The summed E-state index contributed by atoms with van der Waals surface area (Å²) in [6.45, 7) is 2.04. The summed E-state index contributed by atoms with van der Waals surface area (Å²) >= 11 is 5.13. The van der Waals surface area contributed by atoms with E-state index >= 15 is 0 Å². The second-order valence-corrected chi connectivity index (χ2v) is 4.94. The van der Waals surface area contributed by atoms with E-state index in [1.807, 2.05) is 60.3 Å². The Balaban J connectivity index is 2.32. The summed E-state index contributed by atoms with van der Waals surface area (Å²) in [5.74, 6) is 0. The SMILES string of the molecule is Cc1ccc(C(N)=S)c(-n2ncc3ccccc32)c1. The summed E-state index contributed by atoms with van der Waals surface area (Å²) in [5, 5.41) is 5.55. The van der Waals surface area contributed by atoms with E-state index in [0.29, 0.717) is 4.99 Å². The molecule has 4 heteroatoms. The lowest BCUT2D eigenvalue weighted by Crippen LogP contribution is -2.14. The molecule has 0 saturated heterocycles. The largest absolute Gasteiger partial charge is 0.389 e. The van der Waals surface area contributed by atoms with Gasteiger partial charge in [-0.15, -0.1) is 0 Å². The van der Waals surface area contributed by atoms with Crippen molar-refractivity contribution in [1.29, 1.82) is 0 Å². The molecule has 0 fully saturated rings. The highest BCUT2D eigenvalue weighted by Crippen LogP contribution is 2.22. The van der Waals surface area contributed by atoms with Crippen LogP contribution in [0.4, 0.5) is 0 Å². The molecule has 0 aliphatic heterocycles. The van der Waals surface area contributed by atoms with Gasteiger partial charge in [0.15, 0.2) is 0 Å². The molecule has 3 aromatic rings. The molecule has 19 heavy (non-hydrogen) atoms. The van der Waals surface area contributed by atoms with Crippen molar-refractivity contribution in [2.24, 2.45) is 5.73 Å². The second kappa shape index (κ2) is 4.48. The Morgan fingerprint density at radius 1 is 1.21 bits per heavy atom. The van der Waals surface area contributed by atoms with E-state index < -0.39 is 0 Å². The third kappa shape index (κ3) is 2.00. The van der Waals surface area contributed by atoms with Crippen LogP contribution in [0.25, 0.3) is 16.6 Å². The number of nitrogens with zero attached hydrogens (tertiary/aromatic N) is 2. The molecule has 0 atom stereocenters. The molecule has 0 aliphatic rings. The molecule has 3 rings (SSSR count). The smallest absolute Gasteiger partial charge is 0.106 e. The molecule has 0 unspecified atom stereocenters. The van der Waals surface area contributed by atoms with E-state index in [-0.39, 0.29) is 0 Å². The predicted molar refractivity (Wildman–Crippen MR) is 81.7 cm³/mol. The summed E-state index contributed by atoms with van der Waals surface area (Å²) in [4.78, 5) is 0.384. The Kier molecular flexibility index (Phi) is 2.80. The van der Waals surface area contributed by atoms with Gasteiger partial charge in [0.2, 0.25) is 0 Å². The quantitative estimate of drug-likeness (QED) is 0.726. The third-order valence-corrected chi connectivity index (χ3v) is 3.34. The predicted octanol–water partition coefficient (Wildman–Crippen LogP) is 2.97. The molecule has 0 aliphatic carbocycles. The Morgan fingerprint density at radius 3 is 2.79 bits per heavy atom. The lowest BCUT2D eigenvalue weighted by Gasteiger charge is -2.10. The maximum absolute atomic E-state index is 5.81. The first-order valence-corrected chi connectivity index (χ1v) is 6.41. The van der Waals surface area contributed by atoms with E-state index in [2.05, 4.69) is 5.10 Å². The van der Waals surface area contributed by atoms with Crippen LogP contribution in [0.1, 0.15) is 11.1 Å². The Hall–Kier alpha value is -2.20. The maximum Gasteiger partial charge on any atom is 0.106 e. The van der Waals surface area contributed by atoms with E-state index in [9.17, 15) is 0 Å². The summed E-state index contributed by atoms with van der Waals surface area (Å²) in [6, 6.07) is 14.1. The molecule has 0 radical (unpaired) electrons. The van der Waals surface area contributed by atoms with Crippen molar-refractivity contribution >= 4 is 28.1 Å². The lowest BCUT2D eigenvalue weighted by atomic mass is 10.1. The molecule has 94 valence electrons. The van der Waals surface area contributed by atoms with E-state index in [0.717, 1.165) is 27.7 Å². The average Bonchev–Trinajstić information content (AvgIpc) is 2.82. The second-order valence-electron chi connectivity index (χ2n) is 4.50. The van der Waals surface area contributed by atoms with Crippen molar-refractivity contribution in [3.8, 4) is 5.69 Å². The zero-order valence-corrected chi connectivity index (χ0v) is 11.3. The normalized spacial score (nSPS) is 10.8. The first-order chi connectivity index (χ1) is 9.16. The van der Waals surface area contributed by atoms with Crippen molar-refractivity contribution < 1.29 is 0 Å². The highest BCUT2D eigenvalue weighted by Gasteiger charge is 2.11. The minimum Gasteiger partial charge on any atom is -0.389 e. The van der Waals surface area contributed by atoms with Crippen LogP contribution in [0.3, 0.4) is 0 Å². The summed E-state index contributed by atoms with van der Waals surface area (Å²) in [6.07, 6.45) is 1.85. The van der Waals surface area contributed by atoms with Crippen LogP contribution in [0.2, 0.25) is 0 Å². The van der Waals surface area contributed by atoms with Crippen LogP contribution in [-0.4, -0.2) is 14.8 Å². The fraction of sp³-hybridized carbons (Fsp3) is 0.0667. The number of thiocarbonyl (C=S) groups is 1. The van der Waals surface area contributed by atoms with Crippen molar-refractivity contribution in [3.63, 3.8) is 0 Å². The number of para-hydroxylation sites is 1. The molecule has 1 aromatic heterocycles. The summed E-state index contributed by atoms with van der Waals surface area (Å²) in [7, 11) is 0. The van der Waals surface area contributed by atoms with Gasteiger partial charge >= 0.3 is 0 Å². The van der Waals surface area contributed by atoms with Gasteiger partial charge in [-0.25, -0.2) is 4.68 Å². The van der Waals surface area contributed by atoms with Gasteiger partial charge in [0.25, 0.3) is 0 Å². The highest BCUT2D eigenvalue weighted by atomic mass is 32.1. The number of aromatic nitrogens is 2. The number of nitrogens with two attached hydrogens (primary N) is 1. The standard InChI is InChI=1S/C15H13N3S/c1-10-6-7-12(15(16)19)14(8-10)18-13-5-3-2-4-11(13)9-17-18/h2-9H,1H3,(H2,16,19). The third-order valence-electron chi connectivity index (χ3n) is 3.12. The van der Waals surface area contributed by atoms with Crippen LogP contribution in [0.15, 0.2) is 48.7 Å². The van der Waals surface area contributed by atoms with Crippen LogP contribution in [0, 0.1) is 6.92 Å². The molecule has 0 amide bonds. The highest BCUT2D eigenvalue weighted by molar-refractivity contribution is 7.80. The molecule has 1 heterocycles. The first-order valence-electron chi connectivity index (χ1n) is 6.00. The minimum atomic E-state index is 0.384. The van der Waals surface area contributed by atoms with Crippen LogP contribution >= 0.6 is 12.2 Å². The van der Waals surface area contributed by atoms with Gasteiger partial charge in [-0.05, 0) is 30.7 Å². The number of benzene rings is 2. The van der Waals surface area contributed by atoms with Crippen molar-refractivity contribution in [2.75, 3.05) is 0 Å². The van der Waals surface area contributed by atoms with Gasteiger partial charge in [0, 0.05) is 10.9 Å². The van der Waals surface area contributed by atoms with E-state index in [1.165, 1.54) is 0 Å². The number of aryl methyl sites for hydroxylation is 1. The summed E-state index contributed by atoms with van der Waals surface area (Å²) in [5.41, 5.74) is 9.77. The van der Waals surface area contributed by atoms with E-state index in [4.69, 9.17) is 18.0 Å². The van der Waals surface area contributed by atoms with Crippen molar-refractivity contribution in [3.05, 3.63) is 59.8 Å². The average molecular weight is 267 g/mol. The first kappa shape index (κ1) is 11.9. The minimum absolute atomic E-state index is 0.384. The molecule has 0 bridgehead atoms. The Bertz CT molecular complexity index is 774. The van der Waals surface area contributed by atoms with Gasteiger partial charge < -0.3 is 5.73 Å². The molecule has 0 spiro atoms. The fourth-order valence-electron chi connectivity index (χ4n) is 2.19. The van der Waals surface area contributed by atoms with Gasteiger partial charge in [0.1, 0.15) is 4.99 Å². The number of hydrogen-bond donors (Lipinski definition) is 1. The van der Waals surface area contributed by atoms with E-state index in [1.54, 1.807) is 0 Å². The van der Waals surface area contributed by atoms with Gasteiger partial charge in [0.05, 0.1) is 17.4 Å². The van der Waals surface area contributed by atoms with Crippen molar-refractivity contribution in [1.82, 2.24) is 9.78 Å². The summed E-state index contributed by atoms with van der Waals surface area (Å²) < 4.78 is 1.89. The Morgan fingerprint density at radius 2 is 2.00 bits per heavy atom. The lowest BCUT2D eigenvalue weighted by molar-refractivity contribution is 0.907. The fourth-order valence-corrected chi connectivity index (χ4v) is 2.36. The number of rotatable bonds is 2. The zero-order valence-electron chi connectivity index (χ0n) is 10.5. The molecule has 0 saturated carbocycles. The topological polar surface area (TPSA) is 43.8 Å². The molecular weight excluding hydrogens is 254 g/mol. The Labute approximate surface area is 116 Å². The van der Waals surface area contributed by atoms with Crippen LogP contribution in [-0.2, 0) is 0 Å². The zero-order chi connectivity index (χ0) is 13.4. The number of hydrogen-bond acceptors (Lipinski definition) is 2. The van der Waals surface area contributed by atoms with Gasteiger partial charge in [-0.3, -0.25) is 0 Å². The number of fused-ring (bicyclic) bond motifs is 1. The van der Waals surface area contributed by atoms with Gasteiger partial charge in [-0.1, -0.05) is 36.5 Å². The monoisotopic (exact) mass is 267 g/mol. The molecule has 3 nitrogen and oxygen atoms in total. The maximum atomic E-state index is 5.81. The van der Waals surface area contributed by atoms with Crippen LogP contribution < -0.4 is 5.73 Å². The van der Waals surface area contributed by atoms with Gasteiger partial charge in [-0.2, -0.15) is 5.10 Å². The molecule has 2 N–H and O–H groups in total. The van der Waals surface area contributed by atoms with Crippen LogP contribution in [0.5, 0.6) is 0 Å².